The van der Waals surface area contributed by atoms with Crippen molar-refractivity contribution in [3.63, 3.8) is 0 Å². The summed E-state index contributed by atoms with van der Waals surface area (Å²) in [6.07, 6.45) is 3.55. The van der Waals surface area contributed by atoms with Gasteiger partial charge >= 0.3 is 0 Å². The van der Waals surface area contributed by atoms with Crippen molar-refractivity contribution < 1.29 is 4.79 Å². The number of nitrogen functional groups attached to an aromatic ring is 1. The molecule has 1 fully saturated rings. The van der Waals surface area contributed by atoms with Gasteiger partial charge in [0.05, 0.1) is 16.8 Å². The summed E-state index contributed by atoms with van der Waals surface area (Å²) in [5.74, 6) is 0.971. The van der Waals surface area contributed by atoms with Crippen molar-refractivity contribution in [2.45, 2.75) is 6.54 Å². The first-order valence-corrected chi connectivity index (χ1v) is 9.79. The number of hydrogen-bond acceptors (Lipinski definition) is 6. The van der Waals surface area contributed by atoms with E-state index in [1.54, 1.807) is 6.20 Å². The standard InChI is InChI=1S/C22H26N6O/c1-26(2)15-16-6-7-20(24-13-16)27-8-10-28(11-9-27)22(29)18-12-17-4-3-5-19(23)21(17)25-14-18/h3-7,12-14H,8-11,15,23H2,1-2H3. The predicted molar refractivity (Wildman–Crippen MR) is 116 cm³/mol. The van der Waals surface area contributed by atoms with Gasteiger partial charge in [-0.15, -0.1) is 0 Å². The molecule has 3 heterocycles. The lowest BCUT2D eigenvalue weighted by atomic mass is 10.1. The van der Waals surface area contributed by atoms with Gasteiger partial charge < -0.3 is 20.4 Å². The van der Waals surface area contributed by atoms with Crippen LogP contribution in [0, 0.1) is 0 Å². The number of piperazine rings is 1. The molecule has 1 aliphatic rings. The van der Waals surface area contributed by atoms with E-state index in [2.05, 4.69) is 31.9 Å². The number of fused-ring (bicyclic) bond motifs is 1. The third kappa shape index (κ3) is 4.14. The maximum absolute atomic E-state index is 12.9. The van der Waals surface area contributed by atoms with E-state index >= 15 is 0 Å². The number of benzene rings is 1. The molecule has 4 rings (SSSR count). The second-order valence-electron chi connectivity index (χ2n) is 7.68. The summed E-state index contributed by atoms with van der Waals surface area (Å²) < 4.78 is 0. The van der Waals surface area contributed by atoms with E-state index in [-0.39, 0.29) is 5.91 Å². The van der Waals surface area contributed by atoms with Gasteiger partial charge in [0.1, 0.15) is 5.82 Å². The van der Waals surface area contributed by atoms with Crippen LogP contribution in [0.4, 0.5) is 11.5 Å². The van der Waals surface area contributed by atoms with Gasteiger partial charge in [0.15, 0.2) is 0 Å². The van der Waals surface area contributed by atoms with Crippen molar-refractivity contribution in [1.82, 2.24) is 19.8 Å². The molecular weight excluding hydrogens is 364 g/mol. The minimum atomic E-state index is 0.00997. The number of aromatic nitrogens is 2. The van der Waals surface area contributed by atoms with Crippen LogP contribution in [0.5, 0.6) is 0 Å². The summed E-state index contributed by atoms with van der Waals surface area (Å²) >= 11 is 0. The van der Waals surface area contributed by atoms with Crippen molar-refractivity contribution in [1.29, 1.82) is 0 Å². The Hall–Kier alpha value is -3.19. The predicted octanol–water partition coefficient (Wildman–Crippen LogP) is 2.24. The van der Waals surface area contributed by atoms with Crippen molar-refractivity contribution in [3.05, 3.63) is 59.9 Å². The Bertz CT molecular complexity index is 1010. The lowest BCUT2D eigenvalue weighted by Gasteiger charge is -2.35. The van der Waals surface area contributed by atoms with Gasteiger partial charge in [-0.2, -0.15) is 0 Å². The molecule has 0 unspecified atom stereocenters. The molecule has 2 aromatic heterocycles. The topological polar surface area (TPSA) is 78.6 Å². The molecule has 0 aliphatic carbocycles. The first kappa shape index (κ1) is 19.1. The van der Waals surface area contributed by atoms with Gasteiger partial charge in [-0.3, -0.25) is 9.78 Å². The number of nitrogens with zero attached hydrogens (tertiary/aromatic N) is 5. The van der Waals surface area contributed by atoms with Gasteiger partial charge in [-0.25, -0.2) is 4.98 Å². The fourth-order valence-electron chi connectivity index (χ4n) is 3.69. The van der Waals surface area contributed by atoms with Crippen LogP contribution in [-0.4, -0.2) is 65.9 Å². The van der Waals surface area contributed by atoms with Crippen LogP contribution in [0.25, 0.3) is 10.9 Å². The van der Waals surface area contributed by atoms with Crippen molar-refractivity contribution in [3.8, 4) is 0 Å². The van der Waals surface area contributed by atoms with E-state index < -0.39 is 0 Å². The van der Waals surface area contributed by atoms with E-state index in [4.69, 9.17) is 5.73 Å². The maximum atomic E-state index is 12.9. The molecule has 7 heteroatoms. The molecule has 0 spiro atoms. The monoisotopic (exact) mass is 390 g/mol. The number of para-hydroxylation sites is 1. The first-order valence-electron chi connectivity index (χ1n) is 9.79. The third-order valence-electron chi connectivity index (χ3n) is 5.19. The van der Waals surface area contributed by atoms with E-state index in [0.29, 0.717) is 24.3 Å². The van der Waals surface area contributed by atoms with Crippen LogP contribution >= 0.6 is 0 Å². The summed E-state index contributed by atoms with van der Waals surface area (Å²) in [5, 5.41) is 0.886. The highest BCUT2D eigenvalue weighted by Crippen LogP contribution is 2.21. The Labute approximate surface area is 170 Å². The molecule has 0 bridgehead atoms. The molecule has 2 N–H and O–H groups in total. The molecule has 1 aromatic carbocycles. The fourth-order valence-corrected chi connectivity index (χ4v) is 3.69. The summed E-state index contributed by atoms with van der Waals surface area (Å²) in [6.45, 7) is 3.73. The number of anilines is 2. The molecule has 1 aliphatic heterocycles. The van der Waals surface area contributed by atoms with Crippen LogP contribution in [0.2, 0.25) is 0 Å². The number of nitrogens with two attached hydrogens (primary N) is 1. The first-order chi connectivity index (χ1) is 14.0. The van der Waals surface area contributed by atoms with Crippen LogP contribution in [-0.2, 0) is 6.54 Å². The largest absolute Gasteiger partial charge is 0.397 e. The Morgan fingerprint density at radius 2 is 1.86 bits per heavy atom. The SMILES string of the molecule is CN(C)Cc1ccc(N2CCN(C(=O)c3cnc4c(N)cccc4c3)CC2)nc1. The second-order valence-corrected chi connectivity index (χ2v) is 7.68. The highest BCUT2D eigenvalue weighted by Gasteiger charge is 2.23. The highest BCUT2D eigenvalue weighted by molar-refractivity contribution is 5.99. The lowest BCUT2D eigenvalue weighted by molar-refractivity contribution is 0.0746. The number of rotatable bonds is 4. The van der Waals surface area contributed by atoms with Gasteiger partial charge in [-0.05, 0) is 37.9 Å². The second kappa shape index (κ2) is 8.05. The van der Waals surface area contributed by atoms with E-state index in [1.807, 2.05) is 49.5 Å². The quantitative estimate of drug-likeness (QED) is 0.689. The highest BCUT2D eigenvalue weighted by atomic mass is 16.2. The van der Waals surface area contributed by atoms with Gasteiger partial charge in [0, 0.05) is 50.5 Å². The van der Waals surface area contributed by atoms with Crippen LogP contribution in [0.1, 0.15) is 15.9 Å². The normalized spacial score (nSPS) is 14.6. The Kier molecular flexibility index (Phi) is 5.31. The molecule has 29 heavy (non-hydrogen) atoms. The Morgan fingerprint density at radius 1 is 1.07 bits per heavy atom. The average Bonchev–Trinajstić information content (AvgIpc) is 2.73. The molecule has 0 atom stereocenters. The van der Waals surface area contributed by atoms with Crippen molar-refractivity contribution in [2.24, 2.45) is 0 Å². The number of carbonyl (C=O) groups is 1. The minimum Gasteiger partial charge on any atom is -0.397 e. The van der Waals surface area contributed by atoms with Gasteiger partial charge in [0.2, 0.25) is 0 Å². The molecule has 0 radical (unpaired) electrons. The minimum absolute atomic E-state index is 0.00997. The third-order valence-corrected chi connectivity index (χ3v) is 5.19. The molecule has 3 aromatic rings. The fraction of sp³-hybridized carbons (Fsp3) is 0.318. The molecule has 0 saturated carbocycles. The van der Waals surface area contributed by atoms with Crippen LogP contribution in [0.3, 0.4) is 0 Å². The summed E-state index contributed by atoms with van der Waals surface area (Å²) in [4.78, 5) is 28.2. The number of amides is 1. The lowest BCUT2D eigenvalue weighted by Crippen LogP contribution is -2.49. The zero-order valence-electron chi connectivity index (χ0n) is 16.9. The van der Waals surface area contributed by atoms with E-state index in [9.17, 15) is 4.79 Å². The summed E-state index contributed by atoms with van der Waals surface area (Å²) in [7, 11) is 4.09. The van der Waals surface area contributed by atoms with Gasteiger partial charge in [-0.1, -0.05) is 18.2 Å². The number of hydrogen-bond donors (Lipinski definition) is 1. The molecule has 1 saturated heterocycles. The summed E-state index contributed by atoms with van der Waals surface area (Å²) in [6, 6.07) is 11.7. The summed E-state index contributed by atoms with van der Waals surface area (Å²) in [5.41, 5.74) is 9.11. The van der Waals surface area contributed by atoms with Crippen molar-refractivity contribution >= 4 is 28.3 Å². The van der Waals surface area contributed by atoms with Crippen LogP contribution in [0.15, 0.2) is 48.8 Å². The molecular formula is C22H26N6O. The average molecular weight is 390 g/mol. The van der Waals surface area contributed by atoms with E-state index in [0.717, 1.165) is 36.4 Å². The zero-order chi connectivity index (χ0) is 20.4. The Balaban J connectivity index is 1.41. The van der Waals surface area contributed by atoms with Crippen LogP contribution < -0.4 is 10.6 Å². The number of pyridine rings is 2. The van der Waals surface area contributed by atoms with Gasteiger partial charge in [0.25, 0.3) is 5.91 Å². The molecule has 7 nitrogen and oxygen atoms in total. The van der Waals surface area contributed by atoms with E-state index in [1.165, 1.54) is 5.56 Å². The number of carbonyl (C=O) groups excluding carboxylic acids is 1. The Morgan fingerprint density at radius 3 is 2.55 bits per heavy atom. The molecule has 150 valence electrons. The maximum Gasteiger partial charge on any atom is 0.255 e. The smallest absolute Gasteiger partial charge is 0.255 e. The van der Waals surface area contributed by atoms with Crippen molar-refractivity contribution in [2.75, 3.05) is 50.9 Å². The molecule has 1 amide bonds. The zero-order valence-corrected chi connectivity index (χ0v) is 16.9.